The Morgan fingerprint density at radius 1 is 1.57 bits per heavy atom. The zero-order valence-corrected chi connectivity index (χ0v) is 8.73. The lowest BCUT2D eigenvalue weighted by molar-refractivity contribution is 0.0981. The van der Waals surface area contributed by atoms with Crippen LogP contribution in [0.25, 0.3) is 0 Å². The summed E-state index contributed by atoms with van der Waals surface area (Å²) in [5.41, 5.74) is 5.38. The molecule has 0 bridgehead atoms. The number of benzene rings is 1. The number of carbonyl (C=O) groups excluding carboxylic acids is 1. The molecule has 0 aliphatic heterocycles. The predicted octanol–water partition coefficient (Wildman–Crippen LogP) is 2.08. The first-order chi connectivity index (χ1) is 6.69. The van der Waals surface area contributed by atoms with Crippen molar-refractivity contribution < 1.29 is 9.18 Å². The molecule has 0 aliphatic rings. The van der Waals surface area contributed by atoms with Gasteiger partial charge in [-0.3, -0.25) is 4.79 Å². The van der Waals surface area contributed by atoms with Crippen molar-refractivity contribution in [3.05, 3.63) is 29.6 Å². The van der Waals surface area contributed by atoms with Gasteiger partial charge in [0.2, 0.25) is 0 Å². The lowest BCUT2D eigenvalue weighted by atomic mass is 10.1. The van der Waals surface area contributed by atoms with Crippen molar-refractivity contribution in [2.24, 2.45) is 5.73 Å². The quantitative estimate of drug-likeness (QED) is 0.615. The minimum atomic E-state index is -0.471. The number of hydrogen-bond donors (Lipinski definition) is 1. The highest BCUT2D eigenvalue weighted by Gasteiger charge is 2.11. The molecule has 4 heteroatoms. The zero-order chi connectivity index (χ0) is 10.6. The summed E-state index contributed by atoms with van der Waals surface area (Å²) < 4.78 is 13.2. The van der Waals surface area contributed by atoms with Gasteiger partial charge in [-0.25, -0.2) is 4.39 Å². The van der Waals surface area contributed by atoms with Crippen molar-refractivity contribution in [3.8, 4) is 0 Å². The summed E-state index contributed by atoms with van der Waals surface area (Å²) in [6.45, 7) is 0.252. The smallest absolute Gasteiger partial charge is 0.167 e. The highest BCUT2D eigenvalue weighted by molar-refractivity contribution is 7.98. The second-order valence-electron chi connectivity index (χ2n) is 2.81. The van der Waals surface area contributed by atoms with E-state index in [0.29, 0.717) is 0 Å². The van der Waals surface area contributed by atoms with Gasteiger partial charge in [0.25, 0.3) is 0 Å². The van der Waals surface area contributed by atoms with Crippen LogP contribution >= 0.6 is 11.8 Å². The Balaban J connectivity index is 2.99. The standard InChI is InChI=1S/C10H12FNOS/c1-14-7-2-3-9(11)8(6-7)10(13)4-5-12/h2-3,6H,4-5,12H2,1H3. The molecular formula is C10H12FNOS. The van der Waals surface area contributed by atoms with Crippen molar-refractivity contribution in [1.82, 2.24) is 0 Å². The Morgan fingerprint density at radius 3 is 2.86 bits per heavy atom. The third-order valence-electron chi connectivity index (χ3n) is 1.85. The number of Topliss-reactive ketones (excluding diaryl/α,β-unsaturated/α-hetero) is 1. The summed E-state index contributed by atoms with van der Waals surface area (Å²) in [6, 6.07) is 4.53. The molecule has 0 aliphatic carbocycles. The summed E-state index contributed by atoms with van der Waals surface area (Å²) in [5.74, 6) is -0.706. The van der Waals surface area contributed by atoms with Gasteiger partial charge in [0.1, 0.15) is 5.82 Å². The second-order valence-corrected chi connectivity index (χ2v) is 3.69. The molecule has 0 unspecified atom stereocenters. The van der Waals surface area contributed by atoms with Crippen LogP contribution in [0.4, 0.5) is 4.39 Å². The highest BCUT2D eigenvalue weighted by Crippen LogP contribution is 2.19. The van der Waals surface area contributed by atoms with Crippen molar-refractivity contribution >= 4 is 17.5 Å². The average molecular weight is 213 g/mol. The van der Waals surface area contributed by atoms with E-state index >= 15 is 0 Å². The van der Waals surface area contributed by atoms with Gasteiger partial charge in [-0.05, 0) is 31.0 Å². The Kier molecular flexibility index (Phi) is 4.10. The van der Waals surface area contributed by atoms with Crippen LogP contribution in [0.3, 0.4) is 0 Å². The van der Waals surface area contributed by atoms with Crippen molar-refractivity contribution in [1.29, 1.82) is 0 Å². The normalized spacial score (nSPS) is 10.2. The number of hydrogen-bond acceptors (Lipinski definition) is 3. The van der Waals surface area contributed by atoms with E-state index < -0.39 is 5.82 Å². The van der Waals surface area contributed by atoms with Crippen LogP contribution in [-0.4, -0.2) is 18.6 Å². The summed E-state index contributed by atoms with van der Waals surface area (Å²) in [7, 11) is 0. The van der Waals surface area contributed by atoms with Crippen molar-refractivity contribution in [2.75, 3.05) is 12.8 Å². The molecule has 14 heavy (non-hydrogen) atoms. The van der Waals surface area contributed by atoms with Gasteiger partial charge in [0, 0.05) is 11.3 Å². The number of thioether (sulfide) groups is 1. The second kappa shape index (κ2) is 5.12. The lowest BCUT2D eigenvalue weighted by Crippen LogP contribution is -2.09. The molecule has 0 heterocycles. The number of halogens is 1. The fraction of sp³-hybridized carbons (Fsp3) is 0.300. The first-order valence-corrected chi connectivity index (χ1v) is 5.48. The van der Waals surface area contributed by atoms with Gasteiger partial charge in [-0.1, -0.05) is 0 Å². The van der Waals surface area contributed by atoms with Crippen LogP contribution in [0.1, 0.15) is 16.8 Å². The van der Waals surface area contributed by atoms with E-state index in [0.717, 1.165) is 4.90 Å². The Hall–Kier alpha value is -0.870. The molecule has 0 saturated heterocycles. The van der Waals surface area contributed by atoms with E-state index in [1.54, 1.807) is 12.1 Å². The Morgan fingerprint density at radius 2 is 2.29 bits per heavy atom. The SMILES string of the molecule is CSc1ccc(F)c(C(=O)CCN)c1. The van der Waals surface area contributed by atoms with Crippen LogP contribution < -0.4 is 5.73 Å². The molecule has 76 valence electrons. The van der Waals surface area contributed by atoms with Gasteiger partial charge < -0.3 is 5.73 Å². The Labute approximate surface area is 86.7 Å². The molecule has 2 nitrogen and oxygen atoms in total. The van der Waals surface area contributed by atoms with Crippen molar-refractivity contribution in [2.45, 2.75) is 11.3 Å². The molecule has 1 rings (SSSR count). The maximum absolute atomic E-state index is 13.2. The van der Waals surface area contributed by atoms with E-state index in [4.69, 9.17) is 5.73 Å². The van der Waals surface area contributed by atoms with Crippen LogP contribution in [0.15, 0.2) is 23.1 Å². The molecule has 0 spiro atoms. The third kappa shape index (κ3) is 2.56. The molecule has 0 radical (unpaired) electrons. The number of ketones is 1. The van der Waals surface area contributed by atoms with Gasteiger partial charge in [-0.2, -0.15) is 0 Å². The summed E-state index contributed by atoms with van der Waals surface area (Å²) >= 11 is 1.48. The van der Waals surface area contributed by atoms with Crippen LogP contribution in [-0.2, 0) is 0 Å². The van der Waals surface area contributed by atoms with Gasteiger partial charge in [0.05, 0.1) is 5.56 Å². The van der Waals surface area contributed by atoms with E-state index in [9.17, 15) is 9.18 Å². The minimum absolute atomic E-state index is 0.141. The molecule has 1 aromatic carbocycles. The van der Waals surface area contributed by atoms with Crippen LogP contribution in [0, 0.1) is 5.82 Å². The highest BCUT2D eigenvalue weighted by atomic mass is 32.2. The molecule has 0 atom stereocenters. The molecular weight excluding hydrogens is 201 g/mol. The lowest BCUT2D eigenvalue weighted by Gasteiger charge is -2.03. The number of carbonyl (C=O) groups is 1. The number of nitrogens with two attached hydrogens (primary N) is 1. The maximum Gasteiger partial charge on any atom is 0.167 e. The average Bonchev–Trinajstić information content (AvgIpc) is 2.19. The summed E-state index contributed by atoms with van der Waals surface area (Å²) in [4.78, 5) is 12.3. The van der Waals surface area contributed by atoms with E-state index in [1.165, 1.54) is 17.8 Å². The first kappa shape index (κ1) is 11.2. The third-order valence-corrected chi connectivity index (χ3v) is 2.57. The number of rotatable bonds is 4. The molecule has 0 amide bonds. The van der Waals surface area contributed by atoms with Gasteiger partial charge >= 0.3 is 0 Å². The topological polar surface area (TPSA) is 43.1 Å². The fourth-order valence-corrected chi connectivity index (χ4v) is 1.55. The molecule has 1 aromatic rings. The first-order valence-electron chi connectivity index (χ1n) is 4.26. The van der Waals surface area contributed by atoms with Crippen LogP contribution in [0.5, 0.6) is 0 Å². The molecule has 0 fully saturated rings. The van der Waals surface area contributed by atoms with Crippen LogP contribution in [0.2, 0.25) is 0 Å². The largest absolute Gasteiger partial charge is 0.330 e. The molecule has 2 N–H and O–H groups in total. The van der Waals surface area contributed by atoms with Gasteiger partial charge in [0.15, 0.2) is 5.78 Å². The fourth-order valence-electron chi connectivity index (χ4n) is 1.11. The van der Waals surface area contributed by atoms with Gasteiger partial charge in [-0.15, -0.1) is 11.8 Å². The van der Waals surface area contributed by atoms with Crippen molar-refractivity contribution in [3.63, 3.8) is 0 Å². The summed E-state index contributed by atoms with van der Waals surface area (Å²) in [6.07, 6.45) is 2.07. The minimum Gasteiger partial charge on any atom is -0.330 e. The molecule has 0 saturated carbocycles. The maximum atomic E-state index is 13.2. The van der Waals surface area contributed by atoms with E-state index in [1.807, 2.05) is 6.26 Å². The predicted molar refractivity (Wildman–Crippen MR) is 56.2 cm³/mol. The Bertz CT molecular complexity index is 341. The monoisotopic (exact) mass is 213 g/mol. The summed E-state index contributed by atoms with van der Waals surface area (Å²) in [5, 5.41) is 0. The van der Waals surface area contributed by atoms with E-state index in [-0.39, 0.29) is 24.3 Å². The van der Waals surface area contributed by atoms with E-state index in [2.05, 4.69) is 0 Å². The zero-order valence-electron chi connectivity index (χ0n) is 7.92. The molecule has 0 aromatic heterocycles.